The fraction of sp³-hybridized carbons (Fsp3) is 0.350. The van der Waals surface area contributed by atoms with Gasteiger partial charge < -0.3 is 9.47 Å². The highest BCUT2D eigenvalue weighted by atomic mass is 32.1. The van der Waals surface area contributed by atoms with Gasteiger partial charge in [0.1, 0.15) is 11.5 Å². The number of unbranched alkanes of at least 4 members (excludes halogenated alkanes) is 3. The van der Waals surface area contributed by atoms with Crippen LogP contribution in [0.3, 0.4) is 0 Å². The smallest absolute Gasteiger partial charge is 0.198 e. The third-order valence-electron chi connectivity index (χ3n) is 3.59. The maximum absolute atomic E-state index is 5.73. The molecule has 0 unspecified atom stereocenters. The fourth-order valence-corrected chi connectivity index (χ4v) is 2.41. The summed E-state index contributed by atoms with van der Waals surface area (Å²) in [6.07, 6.45) is 4.84. The summed E-state index contributed by atoms with van der Waals surface area (Å²) in [5, 5.41) is 0.475. The van der Waals surface area contributed by atoms with Gasteiger partial charge in [-0.1, -0.05) is 43.9 Å². The summed E-state index contributed by atoms with van der Waals surface area (Å²) >= 11 is 5.35. The SMILES string of the molecule is CCCCCCOc1ccc(C(=S)Oc2ccc(C)cc2)cc1. The minimum atomic E-state index is 0.475. The van der Waals surface area contributed by atoms with Crippen LogP contribution in [0.4, 0.5) is 0 Å². The molecule has 0 bridgehead atoms. The number of ether oxygens (including phenoxy) is 2. The zero-order valence-corrected chi connectivity index (χ0v) is 14.7. The minimum Gasteiger partial charge on any atom is -0.494 e. The molecule has 0 radical (unpaired) electrons. The Labute approximate surface area is 144 Å². The largest absolute Gasteiger partial charge is 0.494 e. The van der Waals surface area contributed by atoms with Gasteiger partial charge in [0.25, 0.3) is 0 Å². The van der Waals surface area contributed by atoms with Crippen molar-refractivity contribution in [2.24, 2.45) is 0 Å². The summed E-state index contributed by atoms with van der Waals surface area (Å²) in [6, 6.07) is 15.6. The van der Waals surface area contributed by atoms with Crippen molar-refractivity contribution >= 4 is 17.3 Å². The molecule has 0 aliphatic heterocycles. The lowest BCUT2D eigenvalue weighted by atomic mass is 10.2. The molecule has 0 fully saturated rings. The van der Waals surface area contributed by atoms with E-state index in [0.29, 0.717) is 5.05 Å². The van der Waals surface area contributed by atoms with Gasteiger partial charge in [-0.05, 0) is 62.0 Å². The van der Waals surface area contributed by atoms with Crippen LogP contribution < -0.4 is 9.47 Å². The van der Waals surface area contributed by atoms with Gasteiger partial charge in [0, 0.05) is 5.56 Å². The van der Waals surface area contributed by atoms with Gasteiger partial charge >= 0.3 is 0 Å². The number of benzene rings is 2. The van der Waals surface area contributed by atoms with Crippen LogP contribution in [0, 0.1) is 6.92 Å². The van der Waals surface area contributed by atoms with E-state index in [4.69, 9.17) is 21.7 Å². The first-order valence-electron chi connectivity index (χ1n) is 8.21. The van der Waals surface area contributed by atoms with Crippen molar-refractivity contribution in [2.45, 2.75) is 39.5 Å². The predicted molar refractivity (Wildman–Crippen MR) is 99.6 cm³/mol. The van der Waals surface area contributed by atoms with Gasteiger partial charge in [0.15, 0.2) is 5.05 Å². The molecule has 0 aromatic heterocycles. The Hall–Kier alpha value is -1.87. The van der Waals surface area contributed by atoms with Crippen molar-refractivity contribution < 1.29 is 9.47 Å². The Balaban J connectivity index is 1.83. The summed E-state index contributed by atoms with van der Waals surface area (Å²) in [5.74, 6) is 1.64. The molecule has 0 aliphatic carbocycles. The van der Waals surface area contributed by atoms with Crippen molar-refractivity contribution in [2.75, 3.05) is 6.61 Å². The van der Waals surface area contributed by atoms with E-state index >= 15 is 0 Å². The third kappa shape index (κ3) is 6.03. The molecule has 2 nitrogen and oxygen atoms in total. The lowest BCUT2D eigenvalue weighted by molar-refractivity contribution is 0.305. The van der Waals surface area contributed by atoms with Gasteiger partial charge in [-0.15, -0.1) is 0 Å². The lowest BCUT2D eigenvalue weighted by Crippen LogP contribution is -2.07. The van der Waals surface area contributed by atoms with Crippen LogP contribution in [0.2, 0.25) is 0 Å². The summed E-state index contributed by atoms with van der Waals surface area (Å²) < 4.78 is 11.4. The van der Waals surface area contributed by atoms with Gasteiger partial charge in [-0.2, -0.15) is 0 Å². The average molecular weight is 328 g/mol. The molecule has 0 saturated heterocycles. The van der Waals surface area contributed by atoms with E-state index < -0.39 is 0 Å². The maximum Gasteiger partial charge on any atom is 0.198 e. The van der Waals surface area contributed by atoms with E-state index in [1.165, 1.54) is 24.8 Å². The molecule has 2 rings (SSSR count). The summed E-state index contributed by atoms with van der Waals surface area (Å²) in [5.41, 5.74) is 2.09. The number of rotatable bonds is 8. The number of hydrogen-bond donors (Lipinski definition) is 0. The number of thiocarbonyl (C=S) groups is 1. The number of aryl methyl sites for hydroxylation is 1. The summed E-state index contributed by atoms with van der Waals surface area (Å²) in [6.45, 7) is 5.02. The quantitative estimate of drug-likeness (QED) is 0.457. The van der Waals surface area contributed by atoms with Crippen molar-refractivity contribution in [1.82, 2.24) is 0 Å². The Morgan fingerprint density at radius 3 is 2.17 bits per heavy atom. The van der Waals surface area contributed by atoms with E-state index in [0.717, 1.165) is 30.1 Å². The van der Waals surface area contributed by atoms with Gasteiger partial charge in [0.05, 0.1) is 6.61 Å². The molecule has 2 aromatic carbocycles. The predicted octanol–water partition coefficient (Wildman–Crippen LogP) is 5.71. The van der Waals surface area contributed by atoms with E-state index in [9.17, 15) is 0 Å². The molecule has 0 saturated carbocycles. The molecule has 0 atom stereocenters. The van der Waals surface area contributed by atoms with Crippen LogP contribution in [0.1, 0.15) is 43.7 Å². The molecule has 0 N–H and O–H groups in total. The standard InChI is InChI=1S/C20H24O2S/c1-3-4-5-6-15-21-18-13-9-17(10-14-18)20(23)22-19-11-7-16(2)8-12-19/h7-14H,3-6,15H2,1-2H3. The molecule has 0 spiro atoms. The van der Waals surface area contributed by atoms with Gasteiger partial charge in [-0.3, -0.25) is 0 Å². The first kappa shape index (κ1) is 17.5. The average Bonchev–Trinajstić information content (AvgIpc) is 2.57. The molecule has 0 aliphatic rings. The lowest BCUT2D eigenvalue weighted by Gasteiger charge is -2.09. The summed E-state index contributed by atoms with van der Waals surface area (Å²) in [4.78, 5) is 0. The first-order chi connectivity index (χ1) is 11.2. The second-order valence-corrected chi connectivity index (χ2v) is 6.01. The molecule has 23 heavy (non-hydrogen) atoms. The van der Waals surface area contributed by atoms with Crippen LogP contribution >= 0.6 is 12.2 Å². The first-order valence-corrected chi connectivity index (χ1v) is 8.61. The van der Waals surface area contributed by atoms with E-state index in [-0.39, 0.29) is 0 Å². The van der Waals surface area contributed by atoms with Crippen LogP contribution in [0.25, 0.3) is 0 Å². The molecule has 122 valence electrons. The third-order valence-corrected chi connectivity index (χ3v) is 3.91. The van der Waals surface area contributed by atoms with Crippen molar-refractivity contribution in [3.05, 3.63) is 59.7 Å². The second kappa shape index (κ2) is 9.31. The Kier molecular flexibility index (Phi) is 7.08. The van der Waals surface area contributed by atoms with Crippen LogP contribution in [0.5, 0.6) is 11.5 Å². The van der Waals surface area contributed by atoms with Crippen molar-refractivity contribution in [3.8, 4) is 11.5 Å². The normalized spacial score (nSPS) is 10.3. The minimum absolute atomic E-state index is 0.475. The van der Waals surface area contributed by atoms with E-state index in [2.05, 4.69) is 6.92 Å². The van der Waals surface area contributed by atoms with E-state index in [1.807, 2.05) is 55.5 Å². The van der Waals surface area contributed by atoms with Crippen molar-refractivity contribution in [1.29, 1.82) is 0 Å². The summed E-state index contributed by atoms with van der Waals surface area (Å²) in [7, 11) is 0. The highest BCUT2D eigenvalue weighted by Crippen LogP contribution is 2.17. The van der Waals surface area contributed by atoms with Crippen LogP contribution in [0.15, 0.2) is 48.5 Å². The highest BCUT2D eigenvalue weighted by molar-refractivity contribution is 7.80. The van der Waals surface area contributed by atoms with Crippen molar-refractivity contribution in [3.63, 3.8) is 0 Å². The zero-order valence-electron chi connectivity index (χ0n) is 13.9. The van der Waals surface area contributed by atoms with Gasteiger partial charge in [0.2, 0.25) is 0 Å². The van der Waals surface area contributed by atoms with E-state index in [1.54, 1.807) is 0 Å². The topological polar surface area (TPSA) is 18.5 Å². The number of hydrogen-bond acceptors (Lipinski definition) is 3. The maximum atomic E-state index is 5.73. The molecular formula is C20H24O2S. The Morgan fingerprint density at radius 1 is 0.870 bits per heavy atom. The van der Waals surface area contributed by atoms with Gasteiger partial charge in [-0.25, -0.2) is 0 Å². The monoisotopic (exact) mass is 328 g/mol. The Bertz CT molecular complexity index is 603. The molecular weight excluding hydrogens is 304 g/mol. The van der Waals surface area contributed by atoms with Crippen LogP contribution in [-0.2, 0) is 0 Å². The second-order valence-electron chi connectivity index (χ2n) is 5.64. The molecule has 2 aromatic rings. The van der Waals surface area contributed by atoms with Crippen LogP contribution in [-0.4, -0.2) is 11.7 Å². The molecule has 3 heteroatoms. The highest BCUT2D eigenvalue weighted by Gasteiger charge is 2.05. The molecule has 0 amide bonds. The zero-order chi connectivity index (χ0) is 16.5. The fourth-order valence-electron chi connectivity index (χ4n) is 2.18. The Morgan fingerprint density at radius 2 is 1.52 bits per heavy atom. The molecule has 0 heterocycles.